The molecule has 0 bridgehead atoms. The SMILES string of the molecule is COP(=O)(C#N)N(C(C)C)C(C)C. The summed E-state index contributed by atoms with van der Waals surface area (Å²) in [5.74, 6) is 1.75. The quantitative estimate of drug-likeness (QED) is 0.660. The second kappa shape index (κ2) is 4.76. The standard InChI is InChI=1S/C8H17N2O2P/c1-7(2)10(8(3)4)13(11,6-9)12-5/h7-8H,1-5H3. The van der Waals surface area contributed by atoms with E-state index in [1.165, 1.54) is 7.11 Å². The zero-order chi connectivity index (χ0) is 10.6. The Labute approximate surface area is 80.0 Å². The summed E-state index contributed by atoms with van der Waals surface area (Å²) < 4.78 is 18.3. The lowest BCUT2D eigenvalue weighted by atomic mass is 10.3. The average molecular weight is 204 g/mol. The predicted molar refractivity (Wildman–Crippen MR) is 52.3 cm³/mol. The highest BCUT2D eigenvalue weighted by Crippen LogP contribution is 2.51. The van der Waals surface area contributed by atoms with Crippen LogP contribution >= 0.6 is 7.52 Å². The van der Waals surface area contributed by atoms with Crippen LogP contribution in [0.2, 0.25) is 0 Å². The third kappa shape index (κ3) is 2.80. The van der Waals surface area contributed by atoms with E-state index in [0.717, 1.165) is 0 Å². The van der Waals surface area contributed by atoms with Gasteiger partial charge in [-0.1, -0.05) is 0 Å². The van der Waals surface area contributed by atoms with Crippen LogP contribution in [0.3, 0.4) is 0 Å². The van der Waals surface area contributed by atoms with Gasteiger partial charge in [-0.25, -0.2) is 4.67 Å². The van der Waals surface area contributed by atoms with Crippen LogP contribution in [0.1, 0.15) is 27.7 Å². The molecule has 0 aliphatic rings. The second-order valence-corrected chi connectivity index (χ2v) is 5.44. The van der Waals surface area contributed by atoms with Crippen molar-refractivity contribution in [2.75, 3.05) is 7.11 Å². The van der Waals surface area contributed by atoms with Crippen LogP contribution in [-0.2, 0) is 9.09 Å². The van der Waals surface area contributed by atoms with E-state index in [4.69, 9.17) is 9.79 Å². The van der Waals surface area contributed by atoms with Gasteiger partial charge < -0.3 is 4.52 Å². The Kier molecular flexibility index (Phi) is 4.63. The lowest BCUT2D eigenvalue weighted by molar-refractivity contribution is 0.250. The molecule has 0 rings (SSSR count). The van der Waals surface area contributed by atoms with E-state index in [2.05, 4.69) is 0 Å². The summed E-state index contributed by atoms with van der Waals surface area (Å²) >= 11 is 0. The summed E-state index contributed by atoms with van der Waals surface area (Å²) in [4.78, 5) is 0. The minimum Gasteiger partial charge on any atom is -0.310 e. The van der Waals surface area contributed by atoms with Crippen molar-refractivity contribution in [1.29, 1.82) is 5.26 Å². The van der Waals surface area contributed by atoms with Gasteiger partial charge in [-0.3, -0.25) is 4.57 Å². The van der Waals surface area contributed by atoms with Crippen LogP contribution in [0, 0.1) is 11.1 Å². The van der Waals surface area contributed by atoms with Crippen LogP contribution in [0.15, 0.2) is 0 Å². The predicted octanol–water partition coefficient (Wildman–Crippen LogP) is 2.43. The van der Waals surface area contributed by atoms with Gasteiger partial charge in [-0.05, 0) is 27.7 Å². The topological polar surface area (TPSA) is 53.3 Å². The van der Waals surface area contributed by atoms with E-state index in [0.29, 0.717) is 0 Å². The Morgan fingerprint density at radius 3 is 1.77 bits per heavy atom. The van der Waals surface area contributed by atoms with Crippen molar-refractivity contribution < 1.29 is 9.09 Å². The molecule has 5 heteroatoms. The largest absolute Gasteiger partial charge is 0.371 e. The second-order valence-electron chi connectivity index (χ2n) is 3.37. The Hall–Kier alpha value is -0.360. The van der Waals surface area contributed by atoms with E-state index >= 15 is 0 Å². The number of hydrogen-bond acceptors (Lipinski definition) is 3. The molecule has 0 radical (unpaired) electrons. The molecule has 0 heterocycles. The van der Waals surface area contributed by atoms with Crippen molar-refractivity contribution in [2.45, 2.75) is 39.8 Å². The molecule has 0 spiro atoms. The van der Waals surface area contributed by atoms with Crippen LogP contribution in [-0.4, -0.2) is 23.9 Å². The third-order valence-electron chi connectivity index (χ3n) is 1.74. The highest BCUT2D eigenvalue weighted by Gasteiger charge is 2.34. The summed E-state index contributed by atoms with van der Waals surface area (Å²) in [6.45, 7) is 7.57. The lowest BCUT2D eigenvalue weighted by Crippen LogP contribution is -2.34. The smallest absolute Gasteiger partial charge is 0.310 e. The van der Waals surface area contributed by atoms with E-state index in [1.807, 2.05) is 27.7 Å². The summed E-state index contributed by atoms with van der Waals surface area (Å²) in [6.07, 6.45) is 0. The zero-order valence-corrected chi connectivity index (χ0v) is 9.71. The first kappa shape index (κ1) is 12.6. The normalized spacial score (nSPS) is 16.2. The van der Waals surface area contributed by atoms with Gasteiger partial charge in [0.05, 0.1) is 0 Å². The van der Waals surface area contributed by atoms with E-state index in [9.17, 15) is 4.57 Å². The van der Waals surface area contributed by atoms with Gasteiger partial charge in [0.25, 0.3) is 0 Å². The lowest BCUT2D eigenvalue weighted by Gasteiger charge is -2.32. The first-order chi connectivity index (χ1) is 5.89. The van der Waals surface area contributed by atoms with Gasteiger partial charge in [0.2, 0.25) is 0 Å². The fourth-order valence-electron chi connectivity index (χ4n) is 1.39. The van der Waals surface area contributed by atoms with Crippen molar-refractivity contribution in [3.63, 3.8) is 0 Å². The summed E-state index contributed by atoms with van der Waals surface area (Å²) in [5, 5.41) is 8.77. The number of nitrogens with zero attached hydrogens (tertiary/aromatic N) is 2. The molecule has 0 saturated heterocycles. The van der Waals surface area contributed by atoms with E-state index in [1.54, 1.807) is 10.5 Å². The van der Waals surface area contributed by atoms with Crippen molar-refractivity contribution in [1.82, 2.24) is 4.67 Å². The highest BCUT2D eigenvalue weighted by atomic mass is 31.2. The summed E-state index contributed by atoms with van der Waals surface area (Å²) in [6, 6.07) is 0.0656. The molecule has 76 valence electrons. The molecule has 0 aliphatic carbocycles. The van der Waals surface area contributed by atoms with E-state index in [-0.39, 0.29) is 12.1 Å². The summed E-state index contributed by atoms with van der Waals surface area (Å²) in [5.41, 5.74) is 0. The number of rotatable bonds is 4. The molecule has 4 nitrogen and oxygen atoms in total. The molecule has 0 fully saturated rings. The minimum atomic E-state index is -3.26. The Morgan fingerprint density at radius 1 is 1.31 bits per heavy atom. The van der Waals surface area contributed by atoms with Crippen molar-refractivity contribution in [2.24, 2.45) is 0 Å². The third-order valence-corrected chi connectivity index (χ3v) is 4.02. The highest BCUT2D eigenvalue weighted by molar-refractivity contribution is 7.61. The Morgan fingerprint density at radius 2 is 1.69 bits per heavy atom. The fraction of sp³-hybridized carbons (Fsp3) is 0.875. The molecule has 0 aromatic rings. The van der Waals surface area contributed by atoms with Crippen LogP contribution in [0.25, 0.3) is 0 Å². The fourth-order valence-corrected chi connectivity index (χ4v) is 2.98. The van der Waals surface area contributed by atoms with Gasteiger partial charge in [0.1, 0.15) is 0 Å². The first-order valence-corrected chi connectivity index (χ1v) is 5.82. The molecule has 0 saturated carbocycles. The van der Waals surface area contributed by atoms with Gasteiger partial charge >= 0.3 is 7.52 Å². The molecule has 0 N–H and O–H groups in total. The molecule has 0 aromatic carbocycles. The molecule has 13 heavy (non-hydrogen) atoms. The first-order valence-electron chi connectivity index (χ1n) is 4.25. The number of hydrogen-bond donors (Lipinski definition) is 0. The van der Waals surface area contributed by atoms with Crippen LogP contribution in [0.5, 0.6) is 0 Å². The Balaban J connectivity index is 4.95. The van der Waals surface area contributed by atoms with Crippen LogP contribution in [0.4, 0.5) is 0 Å². The maximum Gasteiger partial charge on any atom is 0.371 e. The van der Waals surface area contributed by atoms with Crippen molar-refractivity contribution in [3.8, 4) is 5.81 Å². The zero-order valence-electron chi connectivity index (χ0n) is 8.81. The maximum atomic E-state index is 11.9. The maximum absolute atomic E-state index is 11.9. The van der Waals surface area contributed by atoms with Gasteiger partial charge in [0, 0.05) is 19.2 Å². The van der Waals surface area contributed by atoms with Crippen LogP contribution < -0.4 is 0 Å². The molecule has 0 amide bonds. The van der Waals surface area contributed by atoms with E-state index < -0.39 is 7.52 Å². The number of nitriles is 1. The van der Waals surface area contributed by atoms with Gasteiger partial charge in [-0.15, -0.1) is 0 Å². The molecular weight excluding hydrogens is 187 g/mol. The van der Waals surface area contributed by atoms with Gasteiger partial charge in [0.15, 0.2) is 5.81 Å². The molecule has 1 unspecified atom stereocenters. The molecule has 0 aromatic heterocycles. The Bertz CT molecular complexity index is 237. The molecule has 1 atom stereocenters. The van der Waals surface area contributed by atoms with Crippen molar-refractivity contribution in [3.05, 3.63) is 0 Å². The van der Waals surface area contributed by atoms with Crippen molar-refractivity contribution >= 4 is 7.52 Å². The minimum absolute atomic E-state index is 0.0328. The average Bonchev–Trinajstić information content (AvgIpc) is 2.02. The molecular formula is C8H17N2O2P. The monoisotopic (exact) mass is 204 g/mol. The van der Waals surface area contributed by atoms with Gasteiger partial charge in [-0.2, -0.15) is 5.26 Å². The molecule has 0 aliphatic heterocycles. The summed E-state index contributed by atoms with van der Waals surface area (Å²) in [7, 11) is -1.96.